The standard InChI is InChI=1S/C36H66O20/c1-7-35(5,8-2)19-20(40)15(11-37)51-32(24(19)44)54-30-23(43)18(14-49-31-26(46)25(45)21(41)16(12-38)50-31)53-33(27(30)47)55-29-22(42)17(13-39)52-34(28(29)48)56-36(6,9-3)10-4/h15-34,37-48H,7-14H2,1-6H3/t15?,16?,17?,18?,19?,20?,21?,22?,23?,24?,25?,26?,27?,28-,29?,30?,31?,32?,33?,34?/m1/s1. The first-order valence-electron chi connectivity index (χ1n) is 19.6. The molecule has 0 aromatic carbocycles. The molecule has 20 nitrogen and oxygen atoms in total. The van der Waals surface area contributed by atoms with Crippen molar-refractivity contribution in [1.82, 2.24) is 0 Å². The molecule has 56 heavy (non-hydrogen) atoms. The van der Waals surface area contributed by atoms with Crippen LogP contribution in [0.4, 0.5) is 0 Å². The highest BCUT2D eigenvalue weighted by Gasteiger charge is 2.57. The molecule has 0 amide bonds. The van der Waals surface area contributed by atoms with E-state index in [0.717, 1.165) is 0 Å². The average molecular weight is 819 g/mol. The predicted octanol–water partition coefficient (Wildman–Crippen LogP) is -4.06. The molecule has 20 heteroatoms. The van der Waals surface area contributed by atoms with E-state index in [1.807, 2.05) is 34.6 Å². The number of aliphatic hydroxyl groups excluding tert-OH is 12. The lowest BCUT2D eigenvalue weighted by Gasteiger charge is -2.51. The van der Waals surface area contributed by atoms with E-state index < -0.39 is 160 Å². The van der Waals surface area contributed by atoms with Crippen LogP contribution in [0.2, 0.25) is 0 Å². The summed E-state index contributed by atoms with van der Waals surface area (Å²) in [5.74, 6) is -0.906. The van der Waals surface area contributed by atoms with Gasteiger partial charge in [-0.2, -0.15) is 0 Å². The van der Waals surface area contributed by atoms with Crippen molar-refractivity contribution < 1.29 is 99.2 Å². The van der Waals surface area contributed by atoms with Crippen molar-refractivity contribution >= 4 is 0 Å². The Hall–Kier alpha value is -0.800. The minimum atomic E-state index is -1.98. The predicted molar refractivity (Wildman–Crippen MR) is 188 cm³/mol. The van der Waals surface area contributed by atoms with Crippen molar-refractivity contribution in [3.63, 3.8) is 0 Å². The second-order valence-corrected chi connectivity index (χ2v) is 15.8. The second-order valence-electron chi connectivity index (χ2n) is 15.8. The fourth-order valence-electron chi connectivity index (χ4n) is 7.77. The fourth-order valence-corrected chi connectivity index (χ4v) is 7.77. The summed E-state index contributed by atoms with van der Waals surface area (Å²) in [6.45, 7) is 8.26. The van der Waals surface area contributed by atoms with Crippen LogP contribution in [0.1, 0.15) is 67.2 Å². The first-order chi connectivity index (χ1) is 26.4. The quantitative estimate of drug-likeness (QED) is 0.0664. The van der Waals surface area contributed by atoms with E-state index >= 15 is 0 Å². The van der Waals surface area contributed by atoms with Crippen LogP contribution in [0.5, 0.6) is 0 Å². The van der Waals surface area contributed by atoms with Crippen LogP contribution in [0.3, 0.4) is 0 Å². The monoisotopic (exact) mass is 818 g/mol. The maximum Gasteiger partial charge on any atom is 0.187 e. The Morgan fingerprint density at radius 1 is 0.446 bits per heavy atom. The van der Waals surface area contributed by atoms with Crippen LogP contribution in [0.25, 0.3) is 0 Å². The first-order valence-corrected chi connectivity index (χ1v) is 19.6. The Morgan fingerprint density at radius 3 is 1.39 bits per heavy atom. The molecule has 4 rings (SSSR count). The normalized spacial score (nSPS) is 45.5. The molecule has 0 radical (unpaired) electrons. The SMILES string of the molecule is CCC(C)(CC)OC1OC(CO)C(O)C(OC2OC(COC3OC(CO)C(O)C(O)C3O)C(O)C(OC3OC(CO)C(O)C(C(C)(CC)CC)C3O)C2O)[C@H]1O. The van der Waals surface area contributed by atoms with E-state index in [2.05, 4.69) is 0 Å². The van der Waals surface area contributed by atoms with Crippen LogP contribution in [0.15, 0.2) is 0 Å². The van der Waals surface area contributed by atoms with Gasteiger partial charge in [0.05, 0.1) is 38.1 Å². The highest BCUT2D eigenvalue weighted by molar-refractivity contribution is 5.00. The van der Waals surface area contributed by atoms with Crippen LogP contribution in [-0.2, 0) is 37.9 Å². The minimum absolute atomic E-state index is 0.505. The zero-order valence-corrected chi connectivity index (χ0v) is 32.8. The van der Waals surface area contributed by atoms with Crippen molar-refractivity contribution in [2.45, 2.75) is 190 Å². The summed E-state index contributed by atoms with van der Waals surface area (Å²) in [7, 11) is 0. The van der Waals surface area contributed by atoms with E-state index in [4.69, 9.17) is 37.9 Å². The molecule has 4 fully saturated rings. The van der Waals surface area contributed by atoms with Crippen molar-refractivity contribution in [3.8, 4) is 0 Å². The number of hydrogen-bond donors (Lipinski definition) is 12. The van der Waals surface area contributed by atoms with Gasteiger partial charge in [0.2, 0.25) is 0 Å². The van der Waals surface area contributed by atoms with Gasteiger partial charge in [-0.25, -0.2) is 0 Å². The van der Waals surface area contributed by atoms with Crippen molar-refractivity contribution in [2.24, 2.45) is 11.3 Å². The van der Waals surface area contributed by atoms with Gasteiger partial charge in [-0.15, -0.1) is 0 Å². The van der Waals surface area contributed by atoms with Gasteiger partial charge in [0, 0.05) is 5.92 Å². The van der Waals surface area contributed by atoms with Crippen LogP contribution in [-0.4, -0.2) is 210 Å². The number of rotatable bonds is 17. The van der Waals surface area contributed by atoms with Gasteiger partial charge in [0.1, 0.15) is 85.5 Å². The first kappa shape index (κ1) is 47.9. The Kier molecular flexibility index (Phi) is 17.2. The number of ether oxygens (including phenoxy) is 8. The maximum absolute atomic E-state index is 11.7. The van der Waals surface area contributed by atoms with Gasteiger partial charge in [-0.05, 0) is 25.2 Å². The van der Waals surface area contributed by atoms with Crippen molar-refractivity contribution in [1.29, 1.82) is 0 Å². The summed E-state index contributed by atoms with van der Waals surface area (Å²) >= 11 is 0. The molecule has 4 aliphatic rings. The fraction of sp³-hybridized carbons (Fsp3) is 1.00. The van der Waals surface area contributed by atoms with Crippen molar-refractivity contribution in [3.05, 3.63) is 0 Å². The largest absolute Gasteiger partial charge is 0.394 e. The summed E-state index contributed by atoms with van der Waals surface area (Å²) in [5.41, 5.74) is -1.47. The second kappa shape index (κ2) is 20.2. The molecule has 0 saturated carbocycles. The topological polar surface area (TPSA) is 317 Å². The number of hydrogen-bond acceptors (Lipinski definition) is 20. The molecule has 0 bridgehead atoms. The Labute approximate surface area is 326 Å². The maximum atomic E-state index is 11.7. The minimum Gasteiger partial charge on any atom is -0.394 e. The molecule has 0 spiro atoms. The van der Waals surface area contributed by atoms with Gasteiger partial charge < -0.3 is 99.2 Å². The highest BCUT2D eigenvalue weighted by atomic mass is 16.8. The average Bonchev–Trinajstić information content (AvgIpc) is 3.19. The van der Waals surface area contributed by atoms with E-state index in [9.17, 15) is 61.3 Å². The van der Waals surface area contributed by atoms with Gasteiger partial charge >= 0.3 is 0 Å². The van der Waals surface area contributed by atoms with E-state index in [0.29, 0.717) is 25.7 Å². The molecular formula is C36H66O20. The lowest BCUT2D eigenvalue weighted by Crippen LogP contribution is -2.67. The summed E-state index contributed by atoms with van der Waals surface area (Å²) in [5, 5.41) is 130. The van der Waals surface area contributed by atoms with Gasteiger partial charge in [0.25, 0.3) is 0 Å². The lowest BCUT2D eigenvalue weighted by molar-refractivity contribution is -0.389. The van der Waals surface area contributed by atoms with Crippen molar-refractivity contribution in [2.75, 3.05) is 26.4 Å². The molecule has 0 aromatic rings. The Morgan fingerprint density at radius 2 is 0.875 bits per heavy atom. The summed E-state index contributed by atoms with van der Waals surface area (Å²) < 4.78 is 46.7. The van der Waals surface area contributed by atoms with Gasteiger partial charge in [-0.3, -0.25) is 0 Å². The zero-order chi connectivity index (χ0) is 41.9. The smallest absolute Gasteiger partial charge is 0.187 e. The molecule has 0 aromatic heterocycles. The lowest BCUT2D eigenvalue weighted by atomic mass is 9.66. The Balaban J connectivity index is 1.66. The molecule has 19 unspecified atom stereocenters. The van der Waals surface area contributed by atoms with E-state index in [1.54, 1.807) is 6.92 Å². The molecule has 20 atom stereocenters. The van der Waals surface area contributed by atoms with E-state index in [1.165, 1.54) is 0 Å². The highest BCUT2D eigenvalue weighted by Crippen LogP contribution is 2.45. The molecule has 4 aliphatic heterocycles. The summed E-state index contributed by atoms with van der Waals surface area (Å²) in [4.78, 5) is 0. The molecule has 330 valence electrons. The van der Waals surface area contributed by atoms with Crippen LogP contribution in [0, 0.1) is 11.3 Å². The number of aliphatic hydroxyl groups is 12. The zero-order valence-electron chi connectivity index (χ0n) is 32.8. The Bertz CT molecular complexity index is 1180. The molecule has 4 heterocycles. The molecule has 12 N–H and O–H groups in total. The third-order valence-corrected chi connectivity index (χ3v) is 12.5. The summed E-state index contributed by atoms with van der Waals surface area (Å²) in [6.07, 6.45) is -29.0. The third kappa shape index (κ3) is 9.87. The van der Waals surface area contributed by atoms with Crippen LogP contribution >= 0.6 is 0 Å². The molecule has 4 saturated heterocycles. The van der Waals surface area contributed by atoms with Crippen LogP contribution < -0.4 is 0 Å². The van der Waals surface area contributed by atoms with Gasteiger partial charge in [-0.1, -0.05) is 47.5 Å². The van der Waals surface area contributed by atoms with Gasteiger partial charge in [0.15, 0.2) is 25.2 Å². The van der Waals surface area contributed by atoms with E-state index in [-0.39, 0.29) is 0 Å². The molecular weight excluding hydrogens is 752 g/mol. The summed E-state index contributed by atoms with van der Waals surface area (Å²) in [6, 6.07) is 0. The molecule has 0 aliphatic carbocycles. The third-order valence-electron chi connectivity index (χ3n) is 12.5.